The Morgan fingerprint density at radius 1 is 1.31 bits per heavy atom. The first kappa shape index (κ1) is 12.3. The molecule has 0 amide bonds. The molecule has 4 heteroatoms. The number of nitrogens with one attached hydrogen (secondary N) is 1. The molecule has 0 aliphatic carbocycles. The van der Waals surface area contributed by atoms with E-state index in [4.69, 9.17) is 14.7 Å². The second kappa shape index (κ2) is 6.70. The third-order valence-corrected chi connectivity index (χ3v) is 2.27. The van der Waals surface area contributed by atoms with Gasteiger partial charge in [-0.05, 0) is 18.1 Å². The first-order valence-corrected chi connectivity index (χ1v) is 5.10. The summed E-state index contributed by atoms with van der Waals surface area (Å²) < 4.78 is 10.4. The molecule has 1 aromatic rings. The van der Waals surface area contributed by atoms with Gasteiger partial charge in [0.25, 0.3) is 0 Å². The second-order valence-corrected chi connectivity index (χ2v) is 3.26. The van der Waals surface area contributed by atoms with E-state index in [0.717, 1.165) is 30.0 Å². The number of methoxy groups -OCH3 is 2. The van der Waals surface area contributed by atoms with Gasteiger partial charge in [0.1, 0.15) is 11.5 Å². The van der Waals surface area contributed by atoms with Crippen LogP contribution >= 0.6 is 0 Å². The number of ether oxygens (including phenoxy) is 2. The molecule has 0 saturated heterocycles. The molecule has 0 atom stereocenters. The molecule has 0 saturated carbocycles. The van der Waals surface area contributed by atoms with E-state index in [-0.39, 0.29) is 0 Å². The maximum atomic E-state index is 8.38. The van der Waals surface area contributed by atoms with Crippen LogP contribution < -0.4 is 14.8 Å². The lowest BCUT2D eigenvalue weighted by atomic mass is 10.1. The first-order chi connectivity index (χ1) is 7.81. The molecule has 16 heavy (non-hydrogen) atoms. The predicted octanol–water partition coefficient (Wildman–Crippen LogP) is 1.36. The van der Waals surface area contributed by atoms with E-state index in [2.05, 4.69) is 5.32 Å². The van der Waals surface area contributed by atoms with Gasteiger partial charge in [0.05, 0.1) is 26.8 Å². The van der Waals surface area contributed by atoms with Crippen molar-refractivity contribution in [1.82, 2.24) is 5.32 Å². The summed E-state index contributed by atoms with van der Waals surface area (Å²) >= 11 is 0. The third kappa shape index (κ3) is 3.44. The smallest absolute Gasteiger partial charge is 0.125 e. The number of benzene rings is 1. The standard InChI is InChI=1S/C12H16N2O2/c1-15-11-4-3-10(12(9-11)16-2)5-7-14-8-6-13/h3-4,9,14H,5,7-8H2,1-2H3. The third-order valence-electron chi connectivity index (χ3n) is 2.27. The van der Waals surface area contributed by atoms with Crippen LogP contribution in [-0.4, -0.2) is 27.3 Å². The lowest BCUT2D eigenvalue weighted by Crippen LogP contribution is -2.17. The van der Waals surface area contributed by atoms with Crippen molar-refractivity contribution in [3.63, 3.8) is 0 Å². The summed E-state index contributed by atoms with van der Waals surface area (Å²) in [5.41, 5.74) is 1.11. The molecular formula is C12H16N2O2. The molecule has 0 spiro atoms. The highest BCUT2D eigenvalue weighted by Gasteiger charge is 2.04. The molecule has 1 rings (SSSR count). The lowest BCUT2D eigenvalue weighted by Gasteiger charge is -2.10. The first-order valence-electron chi connectivity index (χ1n) is 5.10. The summed E-state index contributed by atoms with van der Waals surface area (Å²) in [4.78, 5) is 0. The summed E-state index contributed by atoms with van der Waals surface area (Å²) in [7, 11) is 3.27. The molecule has 0 bridgehead atoms. The van der Waals surface area contributed by atoms with Crippen LogP contribution in [-0.2, 0) is 6.42 Å². The van der Waals surface area contributed by atoms with Gasteiger partial charge in [0, 0.05) is 12.6 Å². The van der Waals surface area contributed by atoms with Crippen molar-refractivity contribution < 1.29 is 9.47 Å². The number of nitriles is 1. The zero-order valence-corrected chi connectivity index (χ0v) is 9.62. The highest BCUT2D eigenvalue weighted by molar-refractivity contribution is 5.40. The number of hydrogen-bond donors (Lipinski definition) is 1. The maximum Gasteiger partial charge on any atom is 0.125 e. The highest BCUT2D eigenvalue weighted by atomic mass is 16.5. The normalized spacial score (nSPS) is 9.56. The number of rotatable bonds is 6. The van der Waals surface area contributed by atoms with Gasteiger partial charge in [-0.1, -0.05) is 6.07 Å². The van der Waals surface area contributed by atoms with Gasteiger partial charge in [-0.25, -0.2) is 0 Å². The molecule has 86 valence electrons. The minimum Gasteiger partial charge on any atom is -0.497 e. The van der Waals surface area contributed by atoms with Gasteiger partial charge in [-0.2, -0.15) is 5.26 Å². The van der Waals surface area contributed by atoms with E-state index in [1.54, 1.807) is 14.2 Å². The Kier molecular flexibility index (Phi) is 5.17. The van der Waals surface area contributed by atoms with Crippen LogP contribution in [0.1, 0.15) is 5.56 Å². The molecule has 0 radical (unpaired) electrons. The van der Waals surface area contributed by atoms with E-state index < -0.39 is 0 Å². The predicted molar refractivity (Wildman–Crippen MR) is 61.7 cm³/mol. The second-order valence-electron chi connectivity index (χ2n) is 3.26. The van der Waals surface area contributed by atoms with Crippen LogP contribution in [0.4, 0.5) is 0 Å². The number of hydrogen-bond acceptors (Lipinski definition) is 4. The molecule has 0 aromatic heterocycles. The summed E-state index contributed by atoms with van der Waals surface area (Å²) in [5, 5.41) is 11.4. The molecule has 0 aliphatic rings. The van der Waals surface area contributed by atoms with Crippen molar-refractivity contribution in [2.24, 2.45) is 0 Å². The van der Waals surface area contributed by atoms with Crippen LogP contribution in [0.15, 0.2) is 18.2 Å². The van der Waals surface area contributed by atoms with E-state index >= 15 is 0 Å². The molecule has 4 nitrogen and oxygen atoms in total. The van der Waals surface area contributed by atoms with Crippen LogP contribution in [0.25, 0.3) is 0 Å². The van der Waals surface area contributed by atoms with Gasteiger partial charge < -0.3 is 14.8 Å². The average Bonchev–Trinajstić information content (AvgIpc) is 2.34. The van der Waals surface area contributed by atoms with Gasteiger partial charge in [-0.3, -0.25) is 0 Å². The fraction of sp³-hybridized carbons (Fsp3) is 0.417. The molecule has 0 fully saturated rings. The summed E-state index contributed by atoms with van der Waals surface area (Å²) in [5.74, 6) is 1.60. The zero-order valence-electron chi connectivity index (χ0n) is 9.62. The van der Waals surface area contributed by atoms with Crippen molar-refractivity contribution in [1.29, 1.82) is 5.26 Å². The zero-order chi connectivity index (χ0) is 11.8. The van der Waals surface area contributed by atoms with Crippen molar-refractivity contribution in [3.8, 4) is 17.6 Å². The topological polar surface area (TPSA) is 54.3 Å². The van der Waals surface area contributed by atoms with Crippen molar-refractivity contribution in [2.45, 2.75) is 6.42 Å². The molecule has 0 unspecified atom stereocenters. The minimum atomic E-state index is 0.373. The molecule has 1 aromatic carbocycles. The fourth-order valence-electron chi connectivity index (χ4n) is 1.43. The van der Waals surface area contributed by atoms with Crippen LogP contribution in [0.3, 0.4) is 0 Å². The largest absolute Gasteiger partial charge is 0.497 e. The summed E-state index contributed by atoms with van der Waals surface area (Å²) in [6.45, 7) is 1.13. The van der Waals surface area contributed by atoms with E-state index in [1.807, 2.05) is 24.3 Å². The van der Waals surface area contributed by atoms with Crippen molar-refractivity contribution in [2.75, 3.05) is 27.3 Å². The Balaban J connectivity index is 2.61. The highest BCUT2D eigenvalue weighted by Crippen LogP contribution is 2.24. The van der Waals surface area contributed by atoms with Crippen LogP contribution in [0.5, 0.6) is 11.5 Å². The Hall–Kier alpha value is -1.73. The molecule has 0 heterocycles. The fourth-order valence-corrected chi connectivity index (χ4v) is 1.43. The average molecular weight is 220 g/mol. The van der Waals surface area contributed by atoms with E-state index in [9.17, 15) is 0 Å². The van der Waals surface area contributed by atoms with Gasteiger partial charge in [0.2, 0.25) is 0 Å². The van der Waals surface area contributed by atoms with E-state index in [0.29, 0.717) is 6.54 Å². The maximum absolute atomic E-state index is 8.38. The van der Waals surface area contributed by atoms with Gasteiger partial charge in [0.15, 0.2) is 0 Å². The van der Waals surface area contributed by atoms with Crippen LogP contribution in [0.2, 0.25) is 0 Å². The Bertz CT molecular complexity index is 372. The molecular weight excluding hydrogens is 204 g/mol. The Labute approximate surface area is 95.8 Å². The Morgan fingerprint density at radius 3 is 2.75 bits per heavy atom. The summed E-state index contributed by atoms with van der Waals surface area (Å²) in [6, 6.07) is 7.78. The van der Waals surface area contributed by atoms with Crippen molar-refractivity contribution >= 4 is 0 Å². The molecule has 1 N–H and O–H groups in total. The number of nitrogens with zero attached hydrogens (tertiary/aromatic N) is 1. The SMILES string of the molecule is COc1ccc(CCNCC#N)c(OC)c1. The lowest BCUT2D eigenvalue weighted by molar-refractivity contribution is 0.391. The molecule has 0 aliphatic heterocycles. The summed E-state index contributed by atoms with van der Waals surface area (Å²) in [6.07, 6.45) is 0.828. The van der Waals surface area contributed by atoms with E-state index in [1.165, 1.54) is 0 Å². The van der Waals surface area contributed by atoms with Crippen molar-refractivity contribution in [3.05, 3.63) is 23.8 Å². The van der Waals surface area contributed by atoms with Crippen LogP contribution in [0, 0.1) is 11.3 Å². The van der Waals surface area contributed by atoms with Gasteiger partial charge in [-0.15, -0.1) is 0 Å². The van der Waals surface area contributed by atoms with Gasteiger partial charge >= 0.3 is 0 Å². The minimum absolute atomic E-state index is 0.373. The Morgan fingerprint density at radius 2 is 2.12 bits per heavy atom. The monoisotopic (exact) mass is 220 g/mol. The quantitative estimate of drug-likeness (QED) is 0.581.